The predicted molar refractivity (Wildman–Crippen MR) is 95.4 cm³/mol. The van der Waals surface area contributed by atoms with Gasteiger partial charge in [-0.3, -0.25) is 9.59 Å². The second-order valence-corrected chi connectivity index (χ2v) is 6.12. The molecule has 24 heavy (non-hydrogen) atoms. The molecule has 4 heteroatoms. The van der Waals surface area contributed by atoms with Gasteiger partial charge in [0, 0.05) is 23.7 Å². The summed E-state index contributed by atoms with van der Waals surface area (Å²) in [6, 6.07) is 13.5. The van der Waals surface area contributed by atoms with Crippen molar-refractivity contribution in [2.75, 3.05) is 0 Å². The molecule has 0 bridgehead atoms. The van der Waals surface area contributed by atoms with Gasteiger partial charge in [-0.05, 0) is 36.4 Å². The number of hydrogen-bond acceptors (Lipinski definition) is 2. The Morgan fingerprint density at radius 1 is 1.08 bits per heavy atom. The zero-order valence-electron chi connectivity index (χ0n) is 14.0. The number of hydrogen-bond donors (Lipinski definition) is 1. The van der Waals surface area contributed by atoms with Crippen molar-refractivity contribution in [2.45, 2.75) is 20.3 Å². The third kappa shape index (κ3) is 2.60. The van der Waals surface area contributed by atoms with Gasteiger partial charge in [-0.2, -0.15) is 0 Å². The molecule has 0 unspecified atom stereocenters. The van der Waals surface area contributed by atoms with Gasteiger partial charge in [0.1, 0.15) is 0 Å². The van der Waals surface area contributed by atoms with Crippen molar-refractivity contribution in [1.82, 2.24) is 4.57 Å². The van der Waals surface area contributed by atoms with E-state index in [9.17, 15) is 14.7 Å². The van der Waals surface area contributed by atoms with Crippen LogP contribution in [0.3, 0.4) is 0 Å². The lowest BCUT2D eigenvalue weighted by Crippen LogP contribution is -2.23. The fourth-order valence-electron chi connectivity index (χ4n) is 3.26. The van der Waals surface area contributed by atoms with Crippen LogP contribution in [0.25, 0.3) is 21.9 Å². The molecular formula is C20H19NO3. The van der Waals surface area contributed by atoms with Crippen molar-refractivity contribution >= 4 is 16.7 Å². The van der Waals surface area contributed by atoms with Gasteiger partial charge in [0.2, 0.25) is 0 Å². The van der Waals surface area contributed by atoms with Crippen molar-refractivity contribution < 1.29 is 9.90 Å². The Morgan fingerprint density at radius 2 is 1.75 bits per heavy atom. The third-order valence-corrected chi connectivity index (χ3v) is 4.39. The molecule has 0 aliphatic heterocycles. The first-order valence-corrected chi connectivity index (χ1v) is 7.80. The lowest BCUT2D eigenvalue weighted by Gasteiger charge is -2.18. The molecule has 0 spiro atoms. The molecule has 0 saturated carbocycles. The monoisotopic (exact) mass is 321 g/mol. The lowest BCUT2D eigenvalue weighted by atomic mass is 9.92. The number of nitrogens with zero attached hydrogens (tertiary/aromatic N) is 1. The molecule has 4 nitrogen and oxygen atoms in total. The quantitative estimate of drug-likeness (QED) is 0.804. The molecule has 122 valence electrons. The maximum absolute atomic E-state index is 12.6. The minimum atomic E-state index is -0.953. The Kier molecular flexibility index (Phi) is 3.97. The van der Waals surface area contributed by atoms with Gasteiger partial charge in [-0.15, -0.1) is 0 Å². The van der Waals surface area contributed by atoms with Gasteiger partial charge >= 0.3 is 5.97 Å². The number of carboxylic acids is 1. The fraction of sp³-hybridized carbons (Fsp3) is 0.200. The molecule has 3 rings (SSSR count). The van der Waals surface area contributed by atoms with E-state index in [4.69, 9.17) is 0 Å². The van der Waals surface area contributed by atoms with E-state index in [0.717, 1.165) is 27.6 Å². The number of carbonyl (C=O) groups is 1. The Bertz CT molecular complexity index is 1020. The van der Waals surface area contributed by atoms with Crippen molar-refractivity contribution in [1.29, 1.82) is 0 Å². The number of aliphatic carboxylic acids is 1. The van der Waals surface area contributed by atoms with Gasteiger partial charge in [0.15, 0.2) is 0 Å². The average Bonchev–Trinajstić information content (AvgIpc) is 2.53. The SMILES string of the molecule is Cc1ccc(-c2c(CC(=O)O)n(C)c(=O)c3ccccc23)c(C)c1. The number of aromatic nitrogens is 1. The largest absolute Gasteiger partial charge is 0.481 e. The summed E-state index contributed by atoms with van der Waals surface area (Å²) in [6.45, 7) is 4.03. The van der Waals surface area contributed by atoms with E-state index < -0.39 is 5.97 Å². The van der Waals surface area contributed by atoms with Crippen LogP contribution in [0.1, 0.15) is 16.8 Å². The summed E-state index contributed by atoms with van der Waals surface area (Å²) in [5.74, 6) is -0.953. The van der Waals surface area contributed by atoms with E-state index in [0.29, 0.717) is 11.1 Å². The minimum absolute atomic E-state index is 0.171. The molecular weight excluding hydrogens is 302 g/mol. The smallest absolute Gasteiger partial charge is 0.309 e. The summed E-state index contributed by atoms with van der Waals surface area (Å²) in [4.78, 5) is 24.0. The highest BCUT2D eigenvalue weighted by atomic mass is 16.4. The summed E-state index contributed by atoms with van der Waals surface area (Å²) in [7, 11) is 1.64. The topological polar surface area (TPSA) is 59.3 Å². The van der Waals surface area contributed by atoms with Gasteiger partial charge < -0.3 is 9.67 Å². The van der Waals surface area contributed by atoms with E-state index in [1.165, 1.54) is 4.57 Å². The molecule has 2 aromatic carbocycles. The van der Waals surface area contributed by atoms with E-state index >= 15 is 0 Å². The highest BCUT2D eigenvalue weighted by Crippen LogP contribution is 2.33. The second kappa shape index (κ2) is 5.96. The Morgan fingerprint density at radius 3 is 2.38 bits per heavy atom. The normalized spacial score (nSPS) is 11.0. The van der Waals surface area contributed by atoms with Crippen molar-refractivity contribution in [3.8, 4) is 11.1 Å². The fourth-order valence-corrected chi connectivity index (χ4v) is 3.26. The predicted octanol–water partition coefficient (Wildman–Crippen LogP) is 3.45. The number of benzene rings is 2. The lowest BCUT2D eigenvalue weighted by molar-refractivity contribution is -0.136. The highest BCUT2D eigenvalue weighted by Gasteiger charge is 2.19. The number of rotatable bonds is 3. The second-order valence-electron chi connectivity index (χ2n) is 6.12. The Hall–Kier alpha value is -2.88. The third-order valence-electron chi connectivity index (χ3n) is 4.39. The van der Waals surface area contributed by atoms with Crippen molar-refractivity contribution in [2.24, 2.45) is 7.05 Å². The molecule has 0 radical (unpaired) electrons. The van der Waals surface area contributed by atoms with Crippen molar-refractivity contribution in [3.63, 3.8) is 0 Å². The molecule has 0 saturated heterocycles. The summed E-state index contributed by atoms with van der Waals surface area (Å²) >= 11 is 0. The van der Waals surface area contributed by atoms with Crippen LogP contribution < -0.4 is 5.56 Å². The van der Waals surface area contributed by atoms with Gasteiger partial charge in [-0.1, -0.05) is 42.0 Å². The molecule has 0 aliphatic rings. The number of carboxylic acid groups (broad SMARTS) is 1. The first-order valence-electron chi connectivity index (χ1n) is 7.80. The van der Waals surface area contributed by atoms with Crippen LogP contribution in [-0.4, -0.2) is 15.6 Å². The Balaban J connectivity index is 2.50. The molecule has 1 heterocycles. The minimum Gasteiger partial charge on any atom is -0.481 e. The van der Waals surface area contributed by atoms with Crippen molar-refractivity contribution in [3.05, 3.63) is 69.6 Å². The van der Waals surface area contributed by atoms with Gasteiger partial charge in [0.05, 0.1) is 6.42 Å². The molecule has 0 atom stereocenters. The van der Waals surface area contributed by atoms with Gasteiger partial charge in [-0.25, -0.2) is 0 Å². The standard InChI is InChI=1S/C20H19NO3/c1-12-8-9-14(13(2)10-12)19-15-6-4-5-7-16(15)20(24)21(3)17(19)11-18(22)23/h4-10H,11H2,1-3H3,(H,22,23). The highest BCUT2D eigenvalue weighted by molar-refractivity contribution is 5.99. The van der Waals surface area contributed by atoms with E-state index in [1.54, 1.807) is 13.1 Å². The van der Waals surface area contributed by atoms with Gasteiger partial charge in [0.25, 0.3) is 5.56 Å². The van der Waals surface area contributed by atoms with Crippen LogP contribution in [-0.2, 0) is 18.3 Å². The van der Waals surface area contributed by atoms with Crippen LogP contribution in [0.5, 0.6) is 0 Å². The molecule has 1 aromatic heterocycles. The van der Waals surface area contributed by atoms with Crippen LogP contribution in [0, 0.1) is 13.8 Å². The molecule has 0 fully saturated rings. The first-order chi connectivity index (χ1) is 11.4. The molecule has 1 N–H and O–H groups in total. The zero-order chi connectivity index (χ0) is 17.4. The maximum Gasteiger partial charge on any atom is 0.309 e. The van der Waals surface area contributed by atoms with Crippen LogP contribution in [0.15, 0.2) is 47.3 Å². The van der Waals surface area contributed by atoms with E-state index in [-0.39, 0.29) is 12.0 Å². The number of aryl methyl sites for hydroxylation is 2. The first kappa shape index (κ1) is 16.0. The Labute approximate surface area is 140 Å². The summed E-state index contributed by atoms with van der Waals surface area (Å²) in [6.07, 6.45) is -0.195. The van der Waals surface area contributed by atoms with Crippen LogP contribution >= 0.6 is 0 Å². The van der Waals surface area contributed by atoms with Crippen LogP contribution in [0.4, 0.5) is 0 Å². The molecule has 0 aliphatic carbocycles. The number of pyridine rings is 1. The maximum atomic E-state index is 12.6. The average molecular weight is 321 g/mol. The molecule has 0 amide bonds. The summed E-state index contributed by atoms with van der Waals surface area (Å²) in [5, 5.41) is 10.7. The molecule has 3 aromatic rings. The van der Waals surface area contributed by atoms with Crippen LogP contribution in [0.2, 0.25) is 0 Å². The van der Waals surface area contributed by atoms with E-state index in [2.05, 4.69) is 6.07 Å². The zero-order valence-corrected chi connectivity index (χ0v) is 14.0. The van der Waals surface area contributed by atoms with E-state index in [1.807, 2.05) is 44.2 Å². The summed E-state index contributed by atoms with van der Waals surface area (Å²) < 4.78 is 1.46. The number of fused-ring (bicyclic) bond motifs is 1. The summed E-state index contributed by atoms with van der Waals surface area (Å²) in [5.41, 5.74) is 4.35.